The number of aromatic hydroxyl groups is 1. The number of phenolic OH excluding ortho intramolecular Hbond substituents is 1. The number of ether oxygens (including phenoxy) is 2. The minimum absolute atomic E-state index is 0.0213. The van der Waals surface area contributed by atoms with Gasteiger partial charge in [-0.15, -0.1) is 0 Å². The summed E-state index contributed by atoms with van der Waals surface area (Å²) in [4.78, 5) is 14.0. The van der Waals surface area contributed by atoms with E-state index in [9.17, 15) is 15.2 Å². The summed E-state index contributed by atoms with van der Waals surface area (Å²) in [7, 11) is 0. The summed E-state index contributed by atoms with van der Waals surface area (Å²) >= 11 is 0. The molecule has 0 amide bonds. The van der Waals surface area contributed by atoms with Crippen LogP contribution in [-0.2, 0) is 20.7 Å². The van der Waals surface area contributed by atoms with Crippen LogP contribution in [0.3, 0.4) is 0 Å². The average molecular weight is 409 g/mol. The van der Waals surface area contributed by atoms with Gasteiger partial charge in [0, 0.05) is 11.6 Å². The molecular formula is C21H23N5O4. The van der Waals surface area contributed by atoms with Crippen LogP contribution < -0.4 is 5.73 Å². The monoisotopic (exact) mass is 409 g/mol. The van der Waals surface area contributed by atoms with E-state index in [1.54, 1.807) is 26.0 Å². The molecule has 2 heterocycles. The van der Waals surface area contributed by atoms with E-state index in [1.807, 2.05) is 19.9 Å². The van der Waals surface area contributed by atoms with Crippen LogP contribution in [0.4, 0.5) is 0 Å². The molecule has 3 rings (SSSR count). The molecule has 156 valence electrons. The van der Waals surface area contributed by atoms with Gasteiger partial charge in [0.05, 0.1) is 35.2 Å². The fourth-order valence-corrected chi connectivity index (χ4v) is 3.42. The highest BCUT2D eigenvalue weighted by molar-refractivity contribution is 5.92. The fraction of sp³-hybridized carbons (Fsp3) is 0.333. The Hall–Kier alpha value is -3.80. The van der Waals surface area contributed by atoms with E-state index in [2.05, 4.69) is 10.2 Å². The Bertz CT molecular complexity index is 1110. The molecule has 1 atom stereocenters. The smallest absolute Gasteiger partial charge is 0.338 e. The standard InChI is InChI=1S/C21H23N5O4/c1-5-16-11(3)24-26(25-16)13-7-8-14(17(27)9-13)19-15(10-22)20(23)30-12(4)18(19)21(28)29-6-2/h7-9,19,27H,5-6,23H2,1-4H3. The van der Waals surface area contributed by atoms with E-state index >= 15 is 0 Å². The van der Waals surface area contributed by atoms with Gasteiger partial charge in [0.15, 0.2) is 0 Å². The first-order chi connectivity index (χ1) is 14.3. The Kier molecular flexibility index (Phi) is 5.78. The Labute approximate surface area is 174 Å². The summed E-state index contributed by atoms with van der Waals surface area (Å²) < 4.78 is 10.5. The number of nitrogens with two attached hydrogens (primary N) is 1. The second-order valence-corrected chi connectivity index (χ2v) is 6.73. The quantitative estimate of drug-likeness (QED) is 0.719. The van der Waals surface area contributed by atoms with Gasteiger partial charge in [-0.2, -0.15) is 20.3 Å². The van der Waals surface area contributed by atoms with Crippen molar-refractivity contribution in [3.63, 3.8) is 0 Å². The molecule has 0 fully saturated rings. The van der Waals surface area contributed by atoms with E-state index in [4.69, 9.17) is 15.2 Å². The predicted molar refractivity (Wildman–Crippen MR) is 107 cm³/mol. The number of benzene rings is 1. The Morgan fingerprint density at radius 3 is 2.67 bits per heavy atom. The molecular weight excluding hydrogens is 386 g/mol. The minimum Gasteiger partial charge on any atom is -0.508 e. The van der Waals surface area contributed by atoms with Crippen molar-refractivity contribution in [1.82, 2.24) is 15.0 Å². The van der Waals surface area contributed by atoms with Gasteiger partial charge in [-0.05, 0) is 33.3 Å². The molecule has 3 N–H and O–H groups in total. The van der Waals surface area contributed by atoms with Crippen LogP contribution in [0.1, 0.15) is 43.6 Å². The molecule has 1 aromatic heterocycles. The van der Waals surface area contributed by atoms with Crippen molar-refractivity contribution in [1.29, 1.82) is 5.26 Å². The summed E-state index contributed by atoms with van der Waals surface area (Å²) in [5.41, 5.74) is 8.55. The normalized spacial score (nSPS) is 16.3. The van der Waals surface area contributed by atoms with Crippen molar-refractivity contribution in [2.45, 2.75) is 40.0 Å². The van der Waals surface area contributed by atoms with Crippen LogP contribution in [-0.4, -0.2) is 32.7 Å². The molecule has 0 saturated carbocycles. The molecule has 9 heteroatoms. The number of allylic oxidation sites excluding steroid dienone is 2. The third-order valence-corrected chi connectivity index (χ3v) is 4.87. The average Bonchev–Trinajstić information content (AvgIpc) is 3.08. The van der Waals surface area contributed by atoms with Crippen molar-refractivity contribution >= 4 is 5.97 Å². The largest absolute Gasteiger partial charge is 0.508 e. The summed E-state index contributed by atoms with van der Waals surface area (Å²) in [6.07, 6.45) is 0.737. The van der Waals surface area contributed by atoms with Crippen LogP contribution in [0.2, 0.25) is 0 Å². The van der Waals surface area contributed by atoms with Crippen molar-refractivity contribution in [2.75, 3.05) is 6.61 Å². The van der Waals surface area contributed by atoms with E-state index in [-0.39, 0.29) is 35.1 Å². The van der Waals surface area contributed by atoms with Crippen molar-refractivity contribution < 1.29 is 19.4 Å². The van der Waals surface area contributed by atoms with E-state index in [0.29, 0.717) is 11.3 Å². The van der Waals surface area contributed by atoms with E-state index in [0.717, 1.165) is 17.8 Å². The number of phenols is 1. The van der Waals surface area contributed by atoms with Crippen molar-refractivity contribution in [3.8, 4) is 17.5 Å². The lowest BCUT2D eigenvalue weighted by atomic mass is 9.82. The van der Waals surface area contributed by atoms with Gasteiger partial charge in [-0.25, -0.2) is 4.79 Å². The van der Waals surface area contributed by atoms with Gasteiger partial charge in [-0.1, -0.05) is 13.0 Å². The maximum absolute atomic E-state index is 12.6. The van der Waals surface area contributed by atoms with Crippen LogP contribution in [0.5, 0.6) is 5.75 Å². The third kappa shape index (κ3) is 3.59. The first-order valence-corrected chi connectivity index (χ1v) is 9.53. The Morgan fingerprint density at radius 2 is 2.10 bits per heavy atom. The van der Waals surface area contributed by atoms with Gasteiger partial charge in [0.1, 0.15) is 23.2 Å². The number of hydrogen-bond donors (Lipinski definition) is 2. The number of hydrogen-bond acceptors (Lipinski definition) is 8. The lowest BCUT2D eigenvalue weighted by Gasteiger charge is -2.27. The van der Waals surface area contributed by atoms with Gasteiger partial charge in [0.2, 0.25) is 5.88 Å². The highest BCUT2D eigenvalue weighted by Crippen LogP contribution is 2.43. The molecule has 0 radical (unpaired) electrons. The summed E-state index contributed by atoms with van der Waals surface area (Å²) in [5, 5.41) is 29.2. The number of esters is 1. The summed E-state index contributed by atoms with van der Waals surface area (Å²) in [5.74, 6) is -1.59. The lowest BCUT2D eigenvalue weighted by molar-refractivity contribution is -0.139. The van der Waals surface area contributed by atoms with Crippen LogP contribution in [0, 0.1) is 18.3 Å². The molecule has 30 heavy (non-hydrogen) atoms. The first-order valence-electron chi connectivity index (χ1n) is 9.53. The molecule has 2 aromatic rings. The SMILES string of the molecule is CCOC(=O)C1=C(C)OC(N)=C(C#N)C1c1ccc(-n2nc(C)c(CC)n2)cc1O. The summed E-state index contributed by atoms with van der Waals surface area (Å²) in [6, 6.07) is 6.78. The van der Waals surface area contributed by atoms with Gasteiger partial charge < -0.3 is 20.3 Å². The minimum atomic E-state index is -0.921. The number of rotatable bonds is 5. The highest BCUT2D eigenvalue weighted by Gasteiger charge is 2.37. The molecule has 0 aliphatic carbocycles. The Morgan fingerprint density at radius 1 is 1.37 bits per heavy atom. The molecule has 1 aromatic carbocycles. The van der Waals surface area contributed by atoms with Crippen molar-refractivity contribution in [3.05, 3.63) is 57.9 Å². The van der Waals surface area contributed by atoms with Gasteiger partial charge >= 0.3 is 5.97 Å². The number of aromatic nitrogens is 3. The van der Waals surface area contributed by atoms with Crippen molar-refractivity contribution in [2.24, 2.45) is 5.73 Å². The topological polar surface area (TPSA) is 136 Å². The van der Waals surface area contributed by atoms with Crippen LogP contribution >= 0.6 is 0 Å². The van der Waals surface area contributed by atoms with Crippen LogP contribution in [0.25, 0.3) is 5.69 Å². The maximum Gasteiger partial charge on any atom is 0.338 e. The fourth-order valence-electron chi connectivity index (χ4n) is 3.42. The van der Waals surface area contributed by atoms with Crippen LogP contribution in [0.15, 0.2) is 41.0 Å². The molecule has 1 aliphatic heterocycles. The number of nitriles is 1. The number of nitrogens with zero attached hydrogens (tertiary/aromatic N) is 4. The second kappa shape index (κ2) is 8.29. The number of aryl methyl sites for hydroxylation is 2. The number of carbonyl (C=O) groups is 1. The molecule has 1 aliphatic rings. The Balaban J connectivity index is 2.11. The summed E-state index contributed by atoms with van der Waals surface area (Å²) in [6.45, 7) is 7.24. The van der Waals surface area contributed by atoms with Gasteiger partial charge in [0.25, 0.3) is 0 Å². The lowest BCUT2D eigenvalue weighted by Crippen LogP contribution is -2.25. The number of carbonyl (C=O) groups excluding carboxylic acids is 1. The molecule has 0 spiro atoms. The second-order valence-electron chi connectivity index (χ2n) is 6.73. The van der Waals surface area contributed by atoms with E-state index < -0.39 is 11.9 Å². The first kappa shape index (κ1) is 20.9. The zero-order valence-corrected chi connectivity index (χ0v) is 17.3. The van der Waals surface area contributed by atoms with E-state index in [1.165, 1.54) is 10.9 Å². The maximum atomic E-state index is 12.6. The molecule has 0 bridgehead atoms. The molecule has 9 nitrogen and oxygen atoms in total. The zero-order chi connectivity index (χ0) is 22.0. The molecule has 0 saturated heterocycles. The van der Waals surface area contributed by atoms with Gasteiger partial charge in [-0.3, -0.25) is 0 Å². The molecule has 1 unspecified atom stereocenters. The zero-order valence-electron chi connectivity index (χ0n) is 17.3. The predicted octanol–water partition coefficient (Wildman–Crippen LogP) is 2.49. The highest BCUT2D eigenvalue weighted by atomic mass is 16.5. The third-order valence-electron chi connectivity index (χ3n) is 4.87.